The first-order chi connectivity index (χ1) is 15.8. The van der Waals surface area contributed by atoms with E-state index in [0.717, 1.165) is 44.6 Å². The first-order valence-corrected chi connectivity index (χ1v) is 11.6. The van der Waals surface area contributed by atoms with Crippen LogP contribution in [0.2, 0.25) is 0 Å². The number of rotatable bonds is 4. The molecule has 2 aliphatic carbocycles. The van der Waals surface area contributed by atoms with Crippen molar-refractivity contribution in [3.63, 3.8) is 0 Å². The molecule has 0 bridgehead atoms. The number of ether oxygens (including phenoxy) is 3. The third-order valence-corrected chi connectivity index (χ3v) is 7.38. The van der Waals surface area contributed by atoms with Gasteiger partial charge in [0.25, 0.3) is 0 Å². The van der Waals surface area contributed by atoms with Gasteiger partial charge in [0.2, 0.25) is 0 Å². The second-order valence-electron chi connectivity index (χ2n) is 9.13. The summed E-state index contributed by atoms with van der Waals surface area (Å²) in [7, 11) is 0. The van der Waals surface area contributed by atoms with Crippen LogP contribution in [-0.4, -0.2) is 19.0 Å². The molecule has 0 N–H and O–H groups in total. The molecule has 1 saturated heterocycles. The SMILES string of the molecule is C1=C(c2ccc(OCc3ccccc3)cc2)C2(CCC3(CC2)OCCO3)c2ccccc21. The Labute approximate surface area is 189 Å². The normalized spacial score (nSPS) is 20.3. The molecule has 0 aromatic heterocycles. The van der Waals surface area contributed by atoms with E-state index >= 15 is 0 Å². The topological polar surface area (TPSA) is 27.7 Å². The molecule has 1 heterocycles. The lowest BCUT2D eigenvalue weighted by Gasteiger charge is -2.44. The molecule has 0 radical (unpaired) electrons. The van der Waals surface area contributed by atoms with Gasteiger partial charge in [0.15, 0.2) is 5.79 Å². The van der Waals surface area contributed by atoms with Crippen molar-refractivity contribution in [1.82, 2.24) is 0 Å². The van der Waals surface area contributed by atoms with Gasteiger partial charge in [-0.25, -0.2) is 0 Å². The molecule has 3 aromatic carbocycles. The number of fused-ring (bicyclic) bond motifs is 2. The summed E-state index contributed by atoms with van der Waals surface area (Å²) < 4.78 is 18.1. The highest BCUT2D eigenvalue weighted by Crippen LogP contribution is 2.57. The van der Waals surface area contributed by atoms with Crippen LogP contribution in [0.4, 0.5) is 0 Å². The maximum Gasteiger partial charge on any atom is 0.168 e. The van der Waals surface area contributed by atoms with Crippen molar-refractivity contribution >= 4 is 11.6 Å². The van der Waals surface area contributed by atoms with Gasteiger partial charge in [0, 0.05) is 18.3 Å². The van der Waals surface area contributed by atoms with Gasteiger partial charge in [-0.15, -0.1) is 0 Å². The Bertz CT molecular complexity index is 1110. The van der Waals surface area contributed by atoms with Crippen molar-refractivity contribution in [1.29, 1.82) is 0 Å². The number of hydrogen-bond donors (Lipinski definition) is 0. The summed E-state index contributed by atoms with van der Waals surface area (Å²) in [4.78, 5) is 0. The first kappa shape index (κ1) is 19.8. The van der Waals surface area contributed by atoms with E-state index in [0.29, 0.717) is 6.61 Å². The zero-order valence-corrected chi connectivity index (χ0v) is 18.3. The maximum absolute atomic E-state index is 6.03. The third kappa shape index (κ3) is 3.37. The molecule has 3 heteroatoms. The van der Waals surface area contributed by atoms with Gasteiger partial charge < -0.3 is 14.2 Å². The van der Waals surface area contributed by atoms with Crippen LogP contribution in [0.1, 0.15) is 47.9 Å². The quantitative estimate of drug-likeness (QED) is 0.487. The van der Waals surface area contributed by atoms with E-state index in [1.165, 1.54) is 27.8 Å². The van der Waals surface area contributed by atoms with Crippen molar-refractivity contribution in [3.05, 3.63) is 101 Å². The van der Waals surface area contributed by atoms with Gasteiger partial charge in [-0.2, -0.15) is 0 Å². The predicted octanol–water partition coefficient (Wildman–Crippen LogP) is 6.37. The van der Waals surface area contributed by atoms with Crippen molar-refractivity contribution in [2.75, 3.05) is 13.2 Å². The molecule has 0 amide bonds. The molecule has 2 fully saturated rings. The molecule has 162 valence electrons. The molecule has 2 spiro atoms. The first-order valence-electron chi connectivity index (χ1n) is 11.6. The molecule has 1 saturated carbocycles. The Balaban J connectivity index is 1.26. The maximum atomic E-state index is 6.03. The largest absolute Gasteiger partial charge is 0.489 e. The Hall–Kier alpha value is -2.88. The number of hydrogen-bond acceptors (Lipinski definition) is 3. The lowest BCUT2D eigenvalue weighted by Crippen LogP contribution is -2.42. The minimum Gasteiger partial charge on any atom is -0.489 e. The molecule has 3 aromatic rings. The second kappa shape index (κ2) is 7.91. The molecule has 0 atom stereocenters. The Kier molecular flexibility index (Phi) is 4.89. The van der Waals surface area contributed by atoms with Crippen LogP contribution in [0.15, 0.2) is 78.9 Å². The van der Waals surface area contributed by atoms with Crippen molar-refractivity contribution in [3.8, 4) is 5.75 Å². The van der Waals surface area contributed by atoms with Gasteiger partial charge in [0.05, 0.1) is 13.2 Å². The molecule has 3 aliphatic rings. The van der Waals surface area contributed by atoms with E-state index in [2.05, 4.69) is 66.7 Å². The van der Waals surface area contributed by atoms with E-state index in [9.17, 15) is 0 Å². The standard InChI is InChI=1S/C29H28O3/c1-2-6-22(7-3-1)21-30-25-12-10-23(11-13-25)27-20-24-8-4-5-9-26(24)28(27)14-16-29(17-15-28)31-18-19-32-29/h1-13,20H,14-19,21H2. The Morgan fingerprint density at radius 1 is 0.719 bits per heavy atom. The van der Waals surface area contributed by atoms with Crippen LogP contribution in [0, 0.1) is 0 Å². The molecule has 3 nitrogen and oxygen atoms in total. The van der Waals surface area contributed by atoms with Crippen molar-refractivity contribution < 1.29 is 14.2 Å². The van der Waals surface area contributed by atoms with Gasteiger partial charge in [-0.1, -0.05) is 66.7 Å². The molecular weight excluding hydrogens is 396 g/mol. The molecule has 6 rings (SSSR count). The van der Waals surface area contributed by atoms with E-state index in [1.54, 1.807) is 0 Å². The number of allylic oxidation sites excluding steroid dienone is 1. The fraction of sp³-hybridized carbons (Fsp3) is 0.310. The van der Waals surface area contributed by atoms with E-state index in [1.807, 2.05) is 18.2 Å². The highest BCUT2D eigenvalue weighted by molar-refractivity contribution is 5.94. The fourth-order valence-corrected chi connectivity index (χ4v) is 5.71. The van der Waals surface area contributed by atoms with Gasteiger partial charge in [0.1, 0.15) is 12.4 Å². The van der Waals surface area contributed by atoms with E-state index in [-0.39, 0.29) is 11.2 Å². The Morgan fingerprint density at radius 2 is 1.41 bits per heavy atom. The monoisotopic (exact) mass is 424 g/mol. The summed E-state index contributed by atoms with van der Waals surface area (Å²) >= 11 is 0. The summed E-state index contributed by atoms with van der Waals surface area (Å²) in [6.45, 7) is 2.02. The number of benzene rings is 3. The second-order valence-corrected chi connectivity index (χ2v) is 9.13. The lowest BCUT2D eigenvalue weighted by atomic mass is 9.64. The van der Waals surface area contributed by atoms with E-state index in [4.69, 9.17) is 14.2 Å². The summed E-state index contributed by atoms with van der Waals surface area (Å²) in [5.74, 6) is 0.543. The van der Waals surface area contributed by atoms with Gasteiger partial charge in [-0.3, -0.25) is 0 Å². The minimum atomic E-state index is -0.358. The van der Waals surface area contributed by atoms with Gasteiger partial charge in [-0.05, 0) is 58.9 Å². The van der Waals surface area contributed by atoms with Crippen LogP contribution < -0.4 is 4.74 Å². The predicted molar refractivity (Wildman–Crippen MR) is 126 cm³/mol. The molecule has 1 aliphatic heterocycles. The molecule has 32 heavy (non-hydrogen) atoms. The third-order valence-electron chi connectivity index (χ3n) is 7.38. The summed E-state index contributed by atoms with van der Waals surface area (Å²) in [6, 6.07) is 27.8. The average molecular weight is 425 g/mol. The smallest absolute Gasteiger partial charge is 0.168 e. The van der Waals surface area contributed by atoms with Crippen LogP contribution in [-0.2, 0) is 21.5 Å². The van der Waals surface area contributed by atoms with Gasteiger partial charge >= 0.3 is 0 Å². The molecular formula is C29H28O3. The fourth-order valence-electron chi connectivity index (χ4n) is 5.71. The van der Waals surface area contributed by atoms with Crippen molar-refractivity contribution in [2.45, 2.75) is 43.5 Å². The summed E-state index contributed by atoms with van der Waals surface area (Å²) in [5, 5.41) is 0. The van der Waals surface area contributed by atoms with Crippen LogP contribution in [0.25, 0.3) is 11.6 Å². The van der Waals surface area contributed by atoms with Crippen LogP contribution >= 0.6 is 0 Å². The van der Waals surface area contributed by atoms with E-state index < -0.39 is 0 Å². The highest BCUT2D eigenvalue weighted by atomic mass is 16.7. The Morgan fingerprint density at radius 3 is 2.16 bits per heavy atom. The van der Waals surface area contributed by atoms with Crippen LogP contribution in [0.3, 0.4) is 0 Å². The minimum absolute atomic E-state index is 0.0313. The van der Waals surface area contributed by atoms with Crippen LogP contribution in [0.5, 0.6) is 5.75 Å². The average Bonchev–Trinajstić information content (AvgIpc) is 3.44. The summed E-state index contributed by atoms with van der Waals surface area (Å²) in [6.07, 6.45) is 6.36. The highest BCUT2D eigenvalue weighted by Gasteiger charge is 2.50. The summed E-state index contributed by atoms with van der Waals surface area (Å²) in [5.41, 5.74) is 6.70. The lowest BCUT2D eigenvalue weighted by molar-refractivity contribution is -0.182. The zero-order valence-electron chi connectivity index (χ0n) is 18.3. The molecule has 0 unspecified atom stereocenters. The zero-order chi connectivity index (χ0) is 21.4. The van der Waals surface area contributed by atoms with Crippen molar-refractivity contribution in [2.24, 2.45) is 0 Å².